The Morgan fingerprint density at radius 1 is 1.05 bits per heavy atom. The maximum atomic E-state index is 12.6. The zero-order valence-corrected chi connectivity index (χ0v) is 13.6. The minimum Gasteiger partial charge on any atom is -0.392 e. The molecule has 2 saturated heterocycles. The Hall–Kier alpha value is -0.950. The Bertz CT molecular complexity index is 594. The summed E-state index contributed by atoms with van der Waals surface area (Å²) >= 11 is 0. The number of rotatable bonds is 5. The highest BCUT2D eigenvalue weighted by Crippen LogP contribution is 2.24. The smallest absolute Gasteiger partial charge is 0.218 e. The average molecular weight is 324 g/mol. The van der Waals surface area contributed by atoms with Crippen molar-refractivity contribution in [2.75, 3.05) is 26.2 Å². The molecule has 2 fully saturated rings. The first kappa shape index (κ1) is 15.9. The molecule has 0 spiro atoms. The molecule has 1 aromatic rings. The van der Waals surface area contributed by atoms with E-state index in [2.05, 4.69) is 4.90 Å². The predicted molar refractivity (Wildman–Crippen MR) is 85.8 cm³/mol. The Kier molecular flexibility index (Phi) is 4.82. The summed E-state index contributed by atoms with van der Waals surface area (Å²) in [6, 6.07) is 7.86. The number of aliphatic hydroxyl groups is 1. The van der Waals surface area contributed by atoms with Crippen molar-refractivity contribution >= 4 is 10.0 Å². The van der Waals surface area contributed by atoms with Crippen LogP contribution in [0.25, 0.3) is 0 Å². The monoisotopic (exact) mass is 324 g/mol. The predicted octanol–water partition coefficient (Wildman–Crippen LogP) is 1.18. The van der Waals surface area contributed by atoms with Crippen molar-refractivity contribution in [3.8, 4) is 0 Å². The summed E-state index contributed by atoms with van der Waals surface area (Å²) < 4.78 is 26.9. The standard InChI is InChI=1S/C16H24N2O3S/c19-13-15-5-3-14(4-6-15)11-17-10-7-16(12-17)22(20,21)18-8-1-2-9-18/h3-6,16,19H,1-2,7-13H2. The Morgan fingerprint density at radius 3 is 2.32 bits per heavy atom. The van der Waals surface area contributed by atoms with E-state index < -0.39 is 10.0 Å². The van der Waals surface area contributed by atoms with E-state index in [-0.39, 0.29) is 11.9 Å². The molecule has 22 heavy (non-hydrogen) atoms. The highest BCUT2D eigenvalue weighted by atomic mass is 32.2. The number of aliphatic hydroxyl groups excluding tert-OH is 1. The molecule has 5 nitrogen and oxygen atoms in total. The van der Waals surface area contributed by atoms with Crippen LogP contribution in [-0.4, -0.2) is 54.2 Å². The first-order valence-electron chi connectivity index (χ1n) is 7.99. The molecule has 0 bridgehead atoms. The second kappa shape index (κ2) is 6.66. The summed E-state index contributed by atoms with van der Waals surface area (Å²) in [7, 11) is -3.12. The van der Waals surface area contributed by atoms with Gasteiger partial charge in [0.2, 0.25) is 10.0 Å². The molecular formula is C16H24N2O3S. The van der Waals surface area contributed by atoms with Crippen LogP contribution < -0.4 is 0 Å². The van der Waals surface area contributed by atoms with E-state index in [1.54, 1.807) is 4.31 Å². The van der Waals surface area contributed by atoms with Gasteiger partial charge in [0, 0.05) is 26.2 Å². The maximum absolute atomic E-state index is 12.6. The van der Waals surface area contributed by atoms with Gasteiger partial charge in [-0.1, -0.05) is 24.3 Å². The van der Waals surface area contributed by atoms with Gasteiger partial charge in [-0.05, 0) is 36.9 Å². The van der Waals surface area contributed by atoms with E-state index in [0.717, 1.165) is 43.5 Å². The van der Waals surface area contributed by atoms with Crippen molar-refractivity contribution in [2.45, 2.75) is 37.7 Å². The third kappa shape index (κ3) is 3.35. The summed E-state index contributed by atoms with van der Waals surface area (Å²) in [5, 5.41) is 8.81. The van der Waals surface area contributed by atoms with Crippen molar-refractivity contribution in [3.05, 3.63) is 35.4 Å². The topological polar surface area (TPSA) is 60.9 Å². The number of likely N-dealkylation sites (tertiary alicyclic amines) is 1. The fourth-order valence-electron chi connectivity index (χ4n) is 3.35. The fraction of sp³-hybridized carbons (Fsp3) is 0.625. The van der Waals surface area contributed by atoms with Gasteiger partial charge in [0.05, 0.1) is 11.9 Å². The lowest BCUT2D eigenvalue weighted by molar-refractivity contribution is 0.281. The lowest BCUT2D eigenvalue weighted by Crippen LogP contribution is -2.38. The molecule has 0 aliphatic carbocycles. The first-order valence-corrected chi connectivity index (χ1v) is 9.50. The van der Waals surface area contributed by atoms with Crippen LogP contribution in [0.1, 0.15) is 30.4 Å². The van der Waals surface area contributed by atoms with E-state index in [4.69, 9.17) is 5.11 Å². The molecule has 1 aromatic carbocycles. The number of nitrogens with zero attached hydrogens (tertiary/aromatic N) is 2. The number of hydrogen-bond acceptors (Lipinski definition) is 4. The van der Waals surface area contributed by atoms with Gasteiger partial charge in [-0.3, -0.25) is 4.90 Å². The molecule has 0 radical (unpaired) electrons. The zero-order valence-electron chi connectivity index (χ0n) is 12.8. The van der Waals surface area contributed by atoms with E-state index in [9.17, 15) is 8.42 Å². The molecule has 2 aliphatic rings. The van der Waals surface area contributed by atoms with Crippen molar-refractivity contribution in [1.82, 2.24) is 9.21 Å². The van der Waals surface area contributed by atoms with Crippen molar-refractivity contribution in [2.24, 2.45) is 0 Å². The van der Waals surface area contributed by atoms with Crippen molar-refractivity contribution in [3.63, 3.8) is 0 Å². The molecule has 1 N–H and O–H groups in total. The molecule has 3 rings (SSSR count). The molecule has 0 saturated carbocycles. The van der Waals surface area contributed by atoms with E-state index >= 15 is 0 Å². The Morgan fingerprint density at radius 2 is 1.68 bits per heavy atom. The Labute approximate surface area is 132 Å². The molecule has 122 valence electrons. The fourth-order valence-corrected chi connectivity index (χ4v) is 5.34. The molecule has 1 atom stereocenters. The summed E-state index contributed by atoms with van der Waals surface area (Å²) in [6.45, 7) is 3.68. The molecule has 0 aromatic heterocycles. The zero-order chi connectivity index (χ0) is 15.6. The normalized spacial score (nSPS) is 24.1. The Balaban J connectivity index is 1.59. The van der Waals surface area contributed by atoms with Gasteiger partial charge in [0.15, 0.2) is 0 Å². The minimum atomic E-state index is -3.12. The van der Waals surface area contributed by atoms with Gasteiger partial charge in [0.25, 0.3) is 0 Å². The second-order valence-corrected chi connectivity index (χ2v) is 8.48. The summed E-state index contributed by atoms with van der Waals surface area (Å²) in [5.41, 5.74) is 2.07. The highest BCUT2D eigenvalue weighted by molar-refractivity contribution is 7.89. The molecular weight excluding hydrogens is 300 g/mol. The van der Waals surface area contributed by atoms with Crippen LogP contribution in [0.15, 0.2) is 24.3 Å². The lowest BCUT2D eigenvalue weighted by atomic mass is 10.1. The van der Waals surface area contributed by atoms with Crippen LogP contribution in [-0.2, 0) is 23.2 Å². The maximum Gasteiger partial charge on any atom is 0.218 e. The summed E-state index contributed by atoms with van der Waals surface area (Å²) in [6.07, 6.45) is 2.72. The van der Waals surface area contributed by atoms with Gasteiger partial charge in [-0.2, -0.15) is 0 Å². The molecule has 0 amide bonds. The van der Waals surface area contributed by atoms with Crippen LogP contribution in [0.3, 0.4) is 0 Å². The van der Waals surface area contributed by atoms with Crippen molar-refractivity contribution < 1.29 is 13.5 Å². The summed E-state index contributed by atoms with van der Waals surface area (Å²) in [5.74, 6) is 0. The third-order valence-electron chi connectivity index (χ3n) is 4.69. The number of hydrogen-bond donors (Lipinski definition) is 1. The van der Waals surface area contributed by atoms with Crippen molar-refractivity contribution in [1.29, 1.82) is 0 Å². The largest absolute Gasteiger partial charge is 0.392 e. The van der Waals surface area contributed by atoms with Gasteiger partial charge < -0.3 is 5.11 Å². The summed E-state index contributed by atoms with van der Waals surface area (Å²) in [4.78, 5) is 2.21. The van der Waals surface area contributed by atoms with Crippen LogP contribution in [0, 0.1) is 0 Å². The van der Waals surface area contributed by atoms with Gasteiger partial charge >= 0.3 is 0 Å². The first-order chi connectivity index (χ1) is 10.6. The molecule has 2 aliphatic heterocycles. The van der Waals surface area contributed by atoms with Crippen LogP contribution in [0.4, 0.5) is 0 Å². The number of sulfonamides is 1. The van der Waals surface area contributed by atoms with E-state index in [0.29, 0.717) is 19.6 Å². The highest BCUT2D eigenvalue weighted by Gasteiger charge is 2.37. The van der Waals surface area contributed by atoms with Gasteiger partial charge in [0.1, 0.15) is 0 Å². The van der Waals surface area contributed by atoms with E-state index in [1.807, 2.05) is 24.3 Å². The lowest BCUT2D eigenvalue weighted by Gasteiger charge is -2.21. The quantitative estimate of drug-likeness (QED) is 0.883. The molecule has 1 unspecified atom stereocenters. The minimum absolute atomic E-state index is 0.0557. The van der Waals surface area contributed by atoms with Crippen LogP contribution >= 0.6 is 0 Å². The molecule has 6 heteroatoms. The number of benzene rings is 1. The third-order valence-corrected chi connectivity index (χ3v) is 7.00. The average Bonchev–Trinajstić information content (AvgIpc) is 3.20. The van der Waals surface area contributed by atoms with Crippen LogP contribution in [0.5, 0.6) is 0 Å². The van der Waals surface area contributed by atoms with Gasteiger partial charge in [-0.15, -0.1) is 0 Å². The van der Waals surface area contributed by atoms with Gasteiger partial charge in [-0.25, -0.2) is 12.7 Å². The van der Waals surface area contributed by atoms with E-state index in [1.165, 1.54) is 0 Å². The molecule has 2 heterocycles. The second-order valence-electron chi connectivity index (χ2n) is 6.27. The van der Waals surface area contributed by atoms with Crippen LogP contribution in [0.2, 0.25) is 0 Å². The SMILES string of the molecule is O=S(=O)(C1CCN(Cc2ccc(CO)cc2)C1)N1CCCC1.